The molecule has 2 atom stereocenters. The van der Waals surface area contributed by atoms with E-state index in [1.165, 1.54) is 11.8 Å². The number of aromatic nitrogens is 2. The summed E-state index contributed by atoms with van der Waals surface area (Å²) in [5, 5.41) is 0. The zero-order valence-electron chi connectivity index (χ0n) is 17.4. The first-order valence-corrected chi connectivity index (χ1v) is 11.2. The normalized spacial score (nSPS) is 23.8. The lowest BCUT2D eigenvalue weighted by Gasteiger charge is -2.36. The summed E-state index contributed by atoms with van der Waals surface area (Å²) in [5.74, 6) is 0.411. The summed E-state index contributed by atoms with van der Waals surface area (Å²) >= 11 is 6.55. The lowest BCUT2D eigenvalue weighted by atomic mass is 10.1. The number of hydrogen-bond acceptors (Lipinski definition) is 7. The summed E-state index contributed by atoms with van der Waals surface area (Å²) in [7, 11) is 0. The maximum atomic E-state index is 13.5. The third-order valence-electron chi connectivity index (χ3n) is 5.25. The smallest absolute Gasteiger partial charge is 0.267 e. The van der Waals surface area contributed by atoms with Gasteiger partial charge in [-0.05, 0) is 45.4 Å². The SMILES string of the molecule is CCN1C(=O)/C(=C\c2c(N3CC(C)OC(C)C3)nc3c(C)cccn3c2=O)SC1=S. The molecular formula is C21H24N4O3S2. The number of ether oxygens (including phenoxy) is 1. The van der Waals surface area contributed by atoms with Crippen molar-refractivity contribution < 1.29 is 9.53 Å². The Morgan fingerprint density at radius 3 is 2.63 bits per heavy atom. The van der Waals surface area contributed by atoms with Gasteiger partial charge in [0.15, 0.2) is 0 Å². The van der Waals surface area contributed by atoms with Gasteiger partial charge >= 0.3 is 0 Å². The minimum atomic E-state index is -0.202. The number of amides is 1. The van der Waals surface area contributed by atoms with E-state index in [4.69, 9.17) is 21.9 Å². The van der Waals surface area contributed by atoms with Crippen molar-refractivity contribution in [2.45, 2.75) is 39.9 Å². The van der Waals surface area contributed by atoms with Gasteiger partial charge in [0.05, 0.1) is 22.7 Å². The van der Waals surface area contributed by atoms with Crippen molar-refractivity contribution in [3.05, 3.63) is 44.7 Å². The number of hydrogen-bond donors (Lipinski definition) is 0. The molecule has 0 aromatic carbocycles. The van der Waals surface area contributed by atoms with Crippen molar-refractivity contribution in [3.8, 4) is 0 Å². The highest BCUT2D eigenvalue weighted by Crippen LogP contribution is 2.33. The molecule has 0 spiro atoms. The molecule has 0 saturated carbocycles. The Morgan fingerprint density at radius 1 is 1.30 bits per heavy atom. The minimum absolute atomic E-state index is 0.0111. The van der Waals surface area contributed by atoms with Crippen molar-refractivity contribution in [2.24, 2.45) is 0 Å². The Hall–Kier alpha value is -2.23. The second kappa shape index (κ2) is 8.13. The Kier molecular flexibility index (Phi) is 5.69. The Bertz CT molecular complexity index is 1120. The Morgan fingerprint density at radius 2 is 2.00 bits per heavy atom. The van der Waals surface area contributed by atoms with E-state index >= 15 is 0 Å². The third kappa shape index (κ3) is 3.66. The van der Waals surface area contributed by atoms with Crippen LogP contribution >= 0.6 is 24.0 Å². The maximum Gasteiger partial charge on any atom is 0.267 e. The predicted octanol–water partition coefficient (Wildman–Crippen LogP) is 2.84. The average Bonchev–Trinajstić information content (AvgIpc) is 2.96. The molecule has 0 bridgehead atoms. The number of aryl methyl sites for hydroxylation is 1. The number of nitrogens with zero attached hydrogens (tertiary/aromatic N) is 4. The van der Waals surface area contributed by atoms with E-state index in [-0.39, 0.29) is 23.7 Å². The number of anilines is 1. The van der Waals surface area contributed by atoms with Crippen LogP contribution in [-0.4, -0.2) is 56.4 Å². The fourth-order valence-corrected chi connectivity index (χ4v) is 5.29. The molecule has 2 aromatic heterocycles. The number of rotatable bonds is 3. The molecule has 1 amide bonds. The van der Waals surface area contributed by atoms with E-state index < -0.39 is 0 Å². The molecule has 4 rings (SSSR count). The molecule has 2 aromatic rings. The molecular weight excluding hydrogens is 420 g/mol. The monoisotopic (exact) mass is 444 g/mol. The number of likely N-dealkylation sites (N-methyl/N-ethyl adjacent to an activating group) is 1. The van der Waals surface area contributed by atoms with Crippen LogP contribution in [0.4, 0.5) is 5.82 Å². The van der Waals surface area contributed by atoms with E-state index in [1.54, 1.807) is 21.6 Å². The topological polar surface area (TPSA) is 67.2 Å². The summed E-state index contributed by atoms with van der Waals surface area (Å²) in [6.45, 7) is 9.57. The molecule has 2 unspecified atom stereocenters. The van der Waals surface area contributed by atoms with Crippen LogP contribution in [0.5, 0.6) is 0 Å². The van der Waals surface area contributed by atoms with Crippen LogP contribution in [-0.2, 0) is 9.53 Å². The number of carbonyl (C=O) groups is 1. The summed E-state index contributed by atoms with van der Waals surface area (Å²) in [4.78, 5) is 35.2. The summed E-state index contributed by atoms with van der Waals surface area (Å²) < 4.78 is 7.91. The van der Waals surface area contributed by atoms with Gasteiger partial charge in [0.1, 0.15) is 15.8 Å². The lowest BCUT2D eigenvalue weighted by Crippen LogP contribution is -2.46. The Balaban J connectivity index is 1.92. The highest BCUT2D eigenvalue weighted by atomic mass is 32.2. The first-order valence-electron chi connectivity index (χ1n) is 9.98. The van der Waals surface area contributed by atoms with Gasteiger partial charge in [-0.25, -0.2) is 4.98 Å². The van der Waals surface area contributed by atoms with Crippen LogP contribution in [0.15, 0.2) is 28.0 Å². The molecule has 9 heteroatoms. The van der Waals surface area contributed by atoms with Crippen molar-refractivity contribution in [2.75, 3.05) is 24.5 Å². The first kappa shape index (κ1) is 21.0. The molecule has 2 fully saturated rings. The number of carbonyl (C=O) groups excluding carboxylic acids is 1. The van der Waals surface area contributed by atoms with Crippen LogP contribution < -0.4 is 10.5 Å². The number of morpholine rings is 1. The molecule has 0 N–H and O–H groups in total. The highest BCUT2D eigenvalue weighted by molar-refractivity contribution is 8.26. The van der Waals surface area contributed by atoms with Gasteiger partial charge in [0, 0.05) is 25.8 Å². The number of thiocarbonyl (C=S) groups is 1. The second-order valence-electron chi connectivity index (χ2n) is 7.63. The number of fused-ring (bicyclic) bond motifs is 1. The van der Waals surface area contributed by atoms with E-state index in [0.29, 0.717) is 45.9 Å². The largest absolute Gasteiger partial charge is 0.372 e. The fraction of sp³-hybridized carbons (Fsp3) is 0.429. The summed E-state index contributed by atoms with van der Waals surface area (Å²) in [6, 6.07) is 3.76. The standard InChI is InChI=1S/C21H24N4O3S2/c1-5-24-20(27)16(30-21(24)29)9-15-18(23-10-13(3)28-14(4)11-23)22-17-12(2)7-6-8-25(17)19(15)26/h6-9,13-14H,5,10-11H2,1-4H3/b16-9+. The highest BCUT2D eigenvalue weighted by Gasteiger charge is 2.32. The zero-order valence-corrected chi connectivity index (χ0v) is 19.0. The molecule has 2 saturated heterocycles. The quantitative estimate of drug-likeness (QED) is 0.533. The van der Waals surface area contributed by atoms with E-state index in [9.17, 15) is 9.59 Å². The van der Waals surface area contributed by atoms with Gasteiger partial charge < -0.3 is 9.64 Å². The van der Waals surface area contributed by atoms with Crippen molar-refractivity contribution in [1.82, 2.24) is 14.3 Å². The van der Waals surface area contributed by atoms with Crippen LogP contribution in [0.2, 0.25) is 0 Å². The average molecular weight is 445 g/mol. The van der Waals surface area contributed by atoms with Crippen LogP contribution in [0.1, 0.15) is 31.9 Å². The van der Waals surface area contributed by atoms with Gasteiger partial charge in [-0.1, -0.05) is 30.0 Å². The van der Waals surface area contributed by atoms with Gasteiger partial charge in [-0.2, -0.15) is 0 Å². The fourth-order valence-electron chi connectivity index (χ4n) is 3.92. The van der Waals surface area contributed by atoms with Crippen LogP contribution in [0.3, 0.4) is 0 Å². The lowest BCUT2D eigenvalue weighted by molar-refractivity contribution is -0.121. The summed E-state index contributed by atoms with van der Waals surface area (Å²) in [5.41, 5.74) is 1.72. The Labute approximate surface area is 184 Å². The van der Waals surface area contributed by atoms with E-state index in [1.807, 2.05) is 39.8 Å². The number of pyridine rings is 1. The summed E-state index contributed by atoms with van der Waals surface area (Å²) in [6.07, 6.45) is 3.38. The minimum Gasteiger partial charge on any atom is -0.372 e. The molecule has 0 aliphatic carbocycles. The van der Waals surface area contributed by atoms with Crippen LogP contribution in [0.25, 0.3) is 11.7 Å². The third-order valence-corrected chi connectivity index (χ3v) is 6.63. The van der Waals surface area contributed by atoms with E-state index in [2.05, 4.69) is 4.90 Å². The number of thioether (sulfide) groups is 1. The molecule has 2 aliphatic heterocycles. The van der Waals surface area contributed by atoms with E-state index in [0.717, 1.165) is 5.56 Å². The molecule has 4 heterocycles. The van der Waals surface area contributed by atoms with Gasteiger partial charge in [-0.3, -0.25) is 18.9 Å². The molecule has 2 aliphatic rings. The molecule has 0 radical (unpaired) electrons. The van der Waals surface area contributed by atoms with Gasteiger partial charge in [0.25, 0.3) is 11.5 Å². The van der Waals surface area contributed by atoms with Crippen molar-refractivity contribution in [3.63, 3.8) is 0 Å². The first-order chi connectivity index (χ1) is 14.3. The second-order valence-corrected chi connectivity index (χ2v) is 9.30. The maximum absolute atomic E-state index is 13.5. The molecule has 158 valence electrons. The van der Waals surface area contributed by atoms with Crippen molar-refractivity contribution in [1.29, 1.82) is 0 Å². The van der Waals surface area contributed by atoms with Crippen LogP contribution in [0, 0.1) is 6.92 Å². The van der Waals surface area contributed by atoms with Crippen molar-refractivity contribution >= 4 is 51.7 Å². The molecule has 30 heavy (non-hydrogen) atoms. The predicted molar refractivity (Wildman–Crippen MR) is 124 cm³/mol. The van der Waals surface area contributed by atoms with Gasteiger partial charge in [-0.15, -0.1) is 0 Å². The zero-order chi connectivity index (χ0) is 21.6. The molecule has 7 nitrogen and oxygen atoms in total. The van der Waals surface area contributed by atoms with Gasteiger partial charge in [0.2, 0.25) is 0 Å².